The Kier molecular flexibility index (Phi) is 4.62. The Balaban J connectivity index is 2.60. The fourth-order valence-electron chi connectivity index (χ4n) is 1.12. The topological polar surface area (TPSA) is 79.3 Å². The molecule has 0 aliphatic heterocycles. The lowest BCUT2D eigenvalue weighted by molar-refractivity contribution is -0.136. The van der Waals surface area contributed by atoms with Crippen LogP contribution in [0.1, 0.15) is 26.5 Å². The molecule has 1 amide bonds. The molecule has 1 rings (SSSR count). The first-order chi connectivity index (χ1) is 7.90. The minimum atomic E-state index is -0.927. The van der Waals surface area contributed by atoms with Crippen molar-refractivity contribution in [1.82, 2.24) is 4.98 Å². The van der Waals surface area contributed by atoms with Gasteiger partial charge in [0.05, 0.1) is 12.1 Å². The molecular weight excluding hydrogens is 240 g/mol. The maximum atomic E-state index is 11.7. The Morgan fingerprint density at radius 3 is 2.65 bits per heavy atom. The summed E-state index contributed by atoms with van der Waals surface area (Å²) in [6.07, 6.45) is -0.119. The number of nitrogens with zero attached hydrogens (tertiary/aromatic N) is 1. The summed E-state index contributed by atoms with van der Waals surface area (Å²) in [5.41, 5.74) is 0.468. The van der Waals surface area contributed by atoms with E-state index in [0.29, 0.717) is 10.8 Å². The van der Waals surface area contributed by atoms with Crippen LogP contribution in [0.25, 0.3) is 0 Å². The van der Waals surface area contributed by atoms with Crippen molar-refractivity contribution >= 4 is 28.3 Å². The van der Waals surface area contributed by atoms with Gasteiger partial charge < -0.3 is 10.4 Å². The third-order valence-corrected chi connectivity index (χ3v) is 3.33. The van der Waals surface area contributed by atoms with Crippen molar-refractivity contribution in [2.24, 2.45) is 11.8 Å². The second-order valence-electron chi connectivity index (χ2n) is 4.24. The molecule has 0 spiro atoms. The summed E-state index contributed by atoms with van der Waals surface area (Å²) in [6.45, 7) is 5.80. The van der Waals surface area contributed by atoms with Crippen LogP contribution in [-0.2, 0) is 16.0 Å². The number of amides is 1. The average Bonchev–Trinajstić information content (AvgIpc) is 2.63. The number of carbonyl (C=O) groups excluding carboxylic acids is 1. The van der Waals surface area contributed by atoms with Gasteiger partial charge in [-0.15, -0.1) is 11.3 Å². The fraction of sp³-hybridized carbons (Fsp3) is 0.545. The van der Waals surface area contributed by atoms with Gasteiger partial charge in [0.1, 0.15) is 0 Å². The van der Waals surface area contributed by atoms with Gasteiger partial charge in [-0.2, -0.15) is 0 Å². The molecule has 5 nitrogen and oxygen atoms in total. The number of anilines is 1. The van der Waals surface area contributed by atoms with E-state index in [2.05, 4.69) is 10.3 Å². The van der Waals surface area contributed by atoms with Crippen molar-refractivity contribution in [3.63, 3.8) is 0 Å². The number of hydrogen-bond acceptors (Lipinski definition) is 4. The number of aromatic nitrogens is 1. The minimum Gasteiger partial charge on any atom is -0.481 e. The predicted molar refractivity (Wildman–Crippen MR) is 66.1 cm³/mol. The molecule has 0 aliphatic carbocycles. The zero-order valence-electron chi connectivity index (χ0n) is 10.1. The largest absolute Gasteiger partial charge is 0.481 e. The van der Waals surface area contributed by atoms with Crippen LogP contribution in [0.5, 0.6) is 0 Å². The van der Waals surface area contributed by atoms with Crippen molar-refractivity contribution < 1.29 is 14.7 Å². The molecule has 0 saturated heterocycles. The summed E-state index contributed by atoms with van der Waals surface area (Å²) in [7, 11) is 0. The molecule has 1 unspecified atom stereocenters. The smallest absolute Gasteiger partial charge is 0.309 e. The second-order valence-corrected chi connectivity index (χ2v) is 5.09. The summed E-state index contributed by atoms with van der Waals surface area (Å²) in [6, 6.07) is 0. The molecule has 0 saturated carbocycles. The van der Waals surface area contributed by atoms with Gasteiger partial charge >= 0.3 is 5.97 Å². The van der Waals surface area contributed by atoms with E-state index in [0.717, 1.165) is 0 Å². The lowest BCUT2D eigenvalue weighted by atomic mass is 9.97. The number of carboxylic acid groups (broad SMARTS) is 1. The van der Waals surface area contributed by atoms with E-state index in [4.69, 9.17) is 5.11 Å². The van der Waals surface area contributed by atoms with Crippen LogP contribution >= 0.6 is 11.3 Å². The van der Waals surface area contributed by atoms with Crippen molar-refractivity contribution in [1.29, 1.82) is 0 Å². The van der Waals surface area contributed by atoms with E-state index in [9.17, 15) is 9.59 Å². The van der Waals surface area contributed by atoms with Gasteiger partial charge in [0.15, 0.2) is 5.13 Å². The number of nitrogens with one attached hydrogen (secondary N) is 1. The molecule has 6 heteroatoms. The molecule has 94 valence electrons. The molecule has 17 heavy (non-hydrogen) atoms. The summed E-state index contributed by atoms with van der Waals surface area (Å²) >= 11 is 1.24. The first-order valence-corrected chi connectivity index (χ1v) is 6.25. The van der Waals surface area contributed by atoms with Crippen molar-refractivity contribution in [2.45, 2.75) is 27.2 Å². The molecule has 0 fully saturated rings. The monoisotopic (exact) mass is 256 g/mol. The quantitative estimate of drug-likeness (QED) is 0.844. The molecule has 0 bridgehead atoms. The highest BCUT2D eigenvalue weighted by Gasteiger charge is 2.18. The number of hydrogen-bond donors (Lipinski definition) is 2. The van der Waals surface area contributed by atoms with E-state index < -0.39 is 5.97 Å². The summed E-state index contributed by atoms with van der Waals surface area (Å²) in [4.78, 5) is 26.2. The number of carboxylic acids is 1. The van der Waals surface area contributed by atoms with Gasteiger partial charge in [0.2, 0.25) is 5.91 Å². The third kappa shape index (κ3) is 4.14. The number of aliphatic carboxylic acids is 1. The normalized spacial score (nSPS) is 12.5. The van der Waals surface area contributed by atoms with Crippen LogP contribution in [0.2, 0.25) is 0 Å². The van der Waals surface area contributed by atoms with Crippen molar-refractivity contribution in [3.05, 3.63) is 11.1 Å². The van der Waals surface area contributed by atoms with Gasteiger partial charge in [-0.05, 0) is 5.92 Å². The molecule has 1 aromatic rings. The molecule has 0 aromatic carbocycles. The molecule has 1 heterocycles. The second kappa shape index (κ2) is 5.77. The van der Waals surface area contributed by atoms with Gasteiger partial charge in [-0.3, -0.25) is 9.59 Å². The maximum Gasteiger partial charge on any atom is 0.309 e. The van der Waals surface area contributed by atoms with Crippen LogP contribution in [0, 0.1) is 11.8 Å². The van der Waals surface area contributed by atoms with Crippen molar-refractivity contribution in [2.75, 3.05) is 5.32 Å². The van der Waals surface area contributed by atoms with Gasteiger partial charge in [0.25, 0.3) is 0 Å². The van der Waals surface area contributed by atoms with Gasteiger partial charge in [0, 0.05) is 11.3 Å². The molecule has 2 N–H and O–H groups in total. The first-order valence-electron chi connectivity index (χ1n) is 5.37. The van der Waals surface area contributed by atoms with Gasteiger partial charge in [-0.25, -0.2) is 4.98 Å². The summed E-state index contributed by atoms with van der Waals surface area (Å²) in [5.74, 6) is -0.852. The average molecular weight is 256 g/mol. The number of rotatable bonds is 5. The van der Waals surface area contributed by atoms with Gasteiger partial charge in [-0.1, -0.05) is 20.8 Å². The molecule has 0 aliphatic rings. The van der Waals surface area contributed by atoms with E-state index in [1.165, 1.54) is 11.3 Å². The van der Waals surface area contributed by atoms with Crippen LogP contribution in [-0.4, -0.2) is 22.0 Å². The van der Waals surface area contributed by atoms with E-state index >= 15 is 0 Å². The van der Waals surface area contributed by atoms with E-state index in [1.807, 2.05) is 20.8 Å². The molecule has 0 radical (unpaired) electrons. The SMILES string of the molecule is CC(C)C(C)C(=O)Nc1nc(CC(=O)O)cs1. The Morgan fingerprint density at radius 2 is 2.12 bits per heavy atom. The Hall–Kier alpha value is -1.43. The highest BCUT2D eigenvalue weighted by Crippen LogP contribution is 2.18. The van der Waals surface area contributed by atoms with E-state index in [-0.39, 0.29) is 24.2 Å². The van der Waals surface area contributed by atoms with Crippen LogP contribution < -0.4 is 5.32 Å². The fourth-order valence-corrected chi connectivity index (χ4v) is 1.84. The molecular formula is C11H16N2O3S. The Bertz CT molecular complexity index is 415. The standard InChI is InChI=1S/C11H16N2O3S/c1-6(2)7(3)10(16)13-11-12-8(5-17-11)4-9(14)15/h5-7H,4H2,1-3H3,(H,14,15)(H,12,13,16). The van der Waals surface area contributed by atoms with E-state index in [1.54, 1.807) is 5.38 Å². The highest BCUT2D eigenvalue weighted by atomic mass is 32.1. The van der Waals surface area contributed by atoms with Crippen molar-refractivity contribution in [3.8, 4) is 0 Å². The highest BCUT2D eigenvalue weighted by molar-refractivity contribution is 7.13. The van der Waals surface area contributed by atoms with Crippen LogP contribution in [0.15, 0.2) is 5.38 Å². The molecule has 1 aromatic heterocycles. The predicted octanol–water partition coefficient (Wildman–Crippen LogP) is 2.00. The lowest BCUT2D eigenvalue weighted by Gasteiger charge is -2.13. The number of thiazole rings is 1. The van der Waals surface area contributed by atoms with Crippen LogP contribution in [0.3, 0.4) is 0 Å². The van der Waals surface area contributed by atoms with Crippen LogP contribution in [0.4, 0.5) is 5.13 Å². The lowest BCUT2D eigenvalue weighted by Crippen LogP contribution is -2.24. The zero-order valence-corrected chi connectivity index (χ0v) is 10.9. The zero-order chi connectivity index (χ0) is 13.0. The number of carbonyl (C=O) groups is 2. The minimum absolute atomic E-state index is 0.0868. The summed E-state index contributed by atoms with van der Waals surface area (Å²) in [5, 5.41) is 13.4. The first kappa shape index (κ1) is 13.6. The Morgan fingerprint density at radius 1 is 1.47 bits per heavy atom. The Labute approximate surface area is 104 Å². The molecule has 1 atom stereocenters. The third-order valence-electron chi connectivity index (χ3n) is 2.53. The maximum absolute atomic E-state index is 11.7. The summed E-state index contributed by atoms with van der Waals surface area (Å²) < 4.78 is 0.